The third-order valence-corrected chi connectivity index (χ3v) is 5.24. The molecule has 1 aromatic carbocycles. The summed E-state index contributed by atoms with van der Waals surface area (Å²) in [5.41, 5.74) is 1.15. The van der Waals surface area contributed by atoms with Gasteiger partial charge >= 0.3 is 0 Å². The first kappa shape index (κ1) is 16.4. The van der Waals surface area contributed by atoms with Crippen LogP contribution in [0.5, 0.6) is 0 Å². The Kier molecular flexibility index (Phi) is 4.45. The Balaban J connectivity index is 1.57. The normalized spacial score (nSPS) is 31.4. The van der Waals surface area contributed by atoms with E-state index in [0.717, 1.165) is 24.8 Å². The summed E-state index contributed by atoms with van der Waals surface area (Å²) < 4.78 is 13.3. The molecule has 2 fully saturated rings. The van der Waals surface area contributed by atoms with Crippen molar-refractivity contribution >= 4 is 5.91 Å². The first-order valence-electron chi connectivity index (χ1n) is 8.64. The van der Waals surface area contributed by atoms with E-state index in [2.05, 4.69) is 31.4 Å². The first-order chi connectivity index (χ1) is 10.8. The maximum atomic E-state index is 13.3. The third kappa shape index (κ3) is 3.74. The second kappa shape index (κ2) is 6.23. The molecular weight excluding hydrogens is 291 g/mol. The molecule has 23 heavy (non-hydrogen) atoms. The Hall–Kier alpha value is -1.42. The van der Waals surface area contributed by atoms with Gasteiger partial charge in [0, 0.05) is 24.5 Å². The molecule has 1 saturated carbocycles. The highest BCUT2D eigenvalue weighted by Crippen LogP contribution is 2.38. The third-order valence-electron chi connectivity index (χ3n) is 5.24. The maximum Gasteiger partial charge on any atom is 0.220 e. The molecule has 0 aromatic heterocycles. The van der Waals surface area contributed by atoms with E-state index in [1.165, 1.54) is 6.07 Å². The molecule has 3 rings (SSSR count). The molecule has 1 aliphatic carbocycles. The van der Waals surface area contributed by atoms with Crippen LogP contribution in [0.2, 0.25) is 0 Å². The van der Waals surface area contributed by atoms with Crippen LogP contribution in [0.3, 0.4) is 0 Å². The summed E-state index contributed by atoms with van der Waals surface area (Å²) in [6.45, 7) is 6.52. The monoisotopic (exact) mass is 318 g/mol. The standard InChI is InChI=1S/C19H27FN2O/c1-19(2,3)18-16(7-8-17(23)22-18)21-15-10-13(11-15)12-5-4-6-14(20)9-12/h4-6,9,13,15-16,18,21H,7-8,10-11H2,1-3H3,(H,22,23)/t13?,15?,16-,18-/m1/s1. The maximum absolute atomic E-state index is 13.3. The number of halogens is 1. The van der Waals surface area contributed by atoms with Crippen LogP contribution >= 0.6 is 0 Å². The summed E-state index contributed by atoms with van der Waals surface area (Å²) in [6.07, 6.45) is 3.59. The molecule has 0 spiro atoms. The van der Waals surface area contributed by atoms with Crippen molar-refractivity contribution in [2.45, 2.75) is 70.5 Å². The molecule has 2 aliphatic rings. The van der Waals surface area contributed by atoms with Gasteiger partial charge in [-0.3, -0.25) is 4.79 Å². The second-order valence-electron chi connectivity index (χ2n) is 8.14. The molecule has 126 valence electrons. The van der Waals surface area contributed by atoms with Crippen LogP contribution in [0.15, 0.2) is 24.3 Å². The van der Waals surface area contributed by atoms with Crippen LogP contribution in [0, 0.1) is 11.2 Å². The van der Waals surface area contributed by atoms with Gasteiger partial charge in [0.2, 0.25) is 5.91 Å². The average Bonchev–Trinajstić information content (AvgIpc) is 2.42. The van der Waals surface area contributed by atoms with Crippen molar-refractivity contribution in [3.8, 4) is 0 Å². The highest BCUT2D eigenvalue weighted by molar-refractivity contribution is 5.77. The molecule has 1 aromatic rings. The molecule has 1 aliphatic heterocycles. The van der Waals surface area contributed by atoms with Gasteiger partial charge in [0.15, 0.2) is 0 Å². The van der Waals surface area contributed by atoms with Crippen molar-refractivity contribution in [2.24, 2.45) is 5.41 Å². The van der Waals surface area contributed by atoms with Crippen molar-refractivity contribution in [3.63, 3.8) is 0 Å². The predicted octanol–water partition coefficient (Wildman–Crippen LogP) is 3.35. The van der Waals surface area contributed by atoms with Gasteiger partial charge in [-0.25, -0.2) is 4.39 Å². The molecule has 1 saturated heterocycles. The van der Waals surface area contributed by atoms with Crippen LogP contribution in [-0.4, -0.2) is 24.0 Å². The Morgan fingerprint density at radius 1 is 1.26 bits per heavy atom. The van der Waals surface area contributed by atoms with Crippen LogP contribution < -0.4 is 10.6 Å². The van der Waals surface area contributed by atoms with Crippen LogP contribution in [0.25, 0.3) is 0 Å². The fraction of sp³-hybridized carbons (Fsp3) is 0.632. The molecule has 1 heterocycles. The number of hydrogen-bond donors (Lipinski definition) is 2. The lowest BCUT2D eigenvalue weighted by molar-refractivity contribution is -0.125. The fourth-order valence-electron chi connectivity index (χ4n) is 3.89. The Morgan fingerprint density at radius 2 is 2.00 bits per heavy atom. The van der Waals surface area contributed by atoms with Crippen molar-refractivity contribution < 1.29 is 9.18 Å². The number of nitrogens with one attached hydrogen (secondary N) is 2. The number of carbonyl (C=O) groups excluding carboxylic acids is 1. The number of piperidine rings is 1. The first-order valence-corrected chi connectivity index (χ1v) is 8.64. The second-order valence-corrected chi connectivity index (χ2v) is 8.14. The number of carbonyl (C=O) groups is 1. The van der Waals surface area contributed by atoms with Gasteiger partial charge in [0.25, 0.3) is 0 Å². The SMILES string of the molecule is CC(C)(C)[C@@H]1NC(=O)CC[C@H]1NC1CC(c2cccc(F)c2)C1. The quantitative estimate of drug-likeness (QED) is 0.897. The van der Waals surface area contributed by atoms with Crippen LogP contribution in [0.4, 0.5) is 4.39 Å². The minimum absolute atomic E-state index is 0.0411. The zero-order valence-corrected chi connectivity index (χ0v) is 14.2. The summed E-state index contributed by atoms with van der Waals surface area (Å²) >= 11 is 0. The van der Waals surface area contributed by atoms with Gasteiger partial charge < -0.3 is 10.6 Å². The van der Waals surface area contributed by atoms with E-state index in [1.807, 2.05) is 6.07 Å². The molecule has 1 amide bonds. The van der Waals surface area contributed by atoms with Crippen LogP contribution in [0.1, 0.15) is 57.9 Å². The van der Waals surface area contributed by atoms with E-state index in [4.69, 9.17) is 0 Å². The van der Waals surface area contributed by atoms with Crippen molar-refractivity contribution in [3.05, 3.63) is 35.6 Å². The van der Waals surface area contributed by atoms with E-state index in [-0.39, 0.29) is 23.2 Å². The van der Waals surface area contributed by atoms with Crippen molar-refractivity contribution in [2.75, 3.05) is 0 Å². The van der Waals surface area contributed by atoms with Gasteiger partial charge in [0.1, 0.15) is 5.82 Å². The van der Waals surface area contributed by atoms with Gasteiger partial charge in [0.05, 0.1) is 0 Å². The van der Waals surface area contributed by atoms with Crippen molar-refractivity contribution in [1.82, 2.24) is 10.6 Å². The lowest BCUT2D eigenvalue weighted by atomic mass is 9.73. The Bertz CT molecular complexity index is 575. The summed E-state index contributed by atoms with van der Waals surface area (Å²) in [4.78, 5) is 11.7. The largest absolute Gasteiger partial charge is 0.351 e. The summed E-state index contributed by atoms with van der Waals surface area (Å²) in [5.74, 6) is 0.463. The van der Waals surface area contributed by atoms with E-state index < -0.39 is 0 Å². The number of rotatable bonds is 3. The summed E-state index contributed by atoms with van der Waals surface area (Å²) in [5, 5.41) is 6.90. The smallest absolute Gasteiger partial charge is 0.220 e. The highest BCUT2D eigenvalue weighted by Gasteiger charge is 2.40. The van der Waals surface area contributed by atoms with Gasteiger partial charge in [-0.1, -0.05) is 32.9 Å². The summed E-state index contributed by atoms with van der Waals surface area (Å²) in [7, 11) is 0. The van der Waals surface area contributed by atoms with Crippen molar-refractivity contribution in [1.29, 1.82) is 0 Å². The van der Waals surface area contributed by atoms with E-state index >= 15 is 0 Å². The minimum atomic E-state index is -0.151. The molecule has 2 N–H and O–H groups in total. The fourth-order valence-corrected chi connectivity index (χ4v) is 3.89. The van der Waals surface area contributed by atoms with Crippen LogP contribution in [-0.2, 0) is 4.79 Å². The van der Waals surface area contributed by atoms with Gasteiger partial charge in [-0.15, -0.1) is 0 Å². The average molecular weight is 318 g/mol. The minimum Gasteiger partial charge on any atom is -0.351 e. The van der Waals surface area contributed by atoms with E-state index in [0.29, 0.717) is 24.4 Å². The zero-order chi connectivity index (χ0) is 16.6. The number of benzene rings is 1. The molecule has 0 bridgehead atoms. The lowest BCUT2D eigenvalue weighted by Crippen LogP contribution is -2.62. The predicted molar refractivity (Wildman–Crippen MR) is 89.7 cm³/mol. The topological polar surface area (TPSA) is 41.1 Å². The highest BCUT2D eigenvalue weighted by atomic mass is 19.1. The van der Waals surface area contributed by atoms with Gasteiger partial charge in [-0.05, 0) is 48.3 Å². The Labute approximate surface area is 138 Å². The van der Waals surface area contributed by atoms with Gasteiger partial charge in [-0.2, -0.15) is 0 Å². The molecule has 3 nitrogen and oxygen atoms in total. The lowest BCUT2D eigenvalue weighted by Gasteiger charge is -2.46. The molecule has 0 unspecified atom stereocenters. The molecule has 4 heteroatoms. The zero-order valence-electron chi connectivity index (χ0n) is 14.2. The number of hydrogen-bond acceptors (Lipinski definition) is 2. The Morgan fingerprint density at radius 3 is 2.65 bits per heavy atom. The van der Waals surface area contributed by atoms with E-state index in [9.17, 15) is 9.18 Å². The van der Waals surface area contributed by atoms with E-state index in [1.54, 1.807) is 12.1 Å². The molecular formula is C19H27FN2O. The summed E-state index contributed by atoms with van der Waals surface area (Å²) in [6, 6.07) is 7.91. The molecule has 2 atom stereocenters. The molecule has 0 radical (unpaired) electrons. The number of amides is 1.